The van der Waals surface area contributed by atoms with Crippen LogP contribution in [0.4, 0.5) is 0 Å². The summed E-state index contributed by atoms with van der Waals surface area (Å²) in [7, 11) is 0. The summed E-state index contributed by atoms with van der Waals surface area (Å²) < 4.78 is 0. The van der Waals surface area contributed by atoms with E-state index in [1.807, 2.05) is 23.7 Å². The van der Waals surface area contributed by atoms with Gasteiger partial charge in [-0.1, -0.05) is 0 Å². The second-order valence-corrected chi connectivity index (χ2v) is 8.08. The second kappa shape index (κ2) is 6.48. The minimum atomic E-state index is 0.145. The quantitative estimate of drug-likeness (QED) is 0.773. The van der Waals surface area contributed by atoms with Gasteiger partial charge in [0, 0.05) is 43.2 Å². The van der Waals surface area contributed by atoms with Crippen LogP contribution in [0.5, 0.6) is 0 Å². The lowest BCUT2D eigenvalue weighted by atomic mass is 9.94. The zero-order valence-electron chi connectivity index (χ0n) is 14.5. The highest BCUT2D eigenvalue weighted by Crippen LogP contribution is 2.30. The van der Waals surface area contributed by atoms with E-state index >= 15 is 0 Å². The number of aromatic nitrogens is 3. The number of H-pyrrole nitrogens is 1. The molecule has 1 aromatic carbocycles. The summed E-state index contributed by atoms with van der Waals surface area (Å²) in [5.74, 6) is 0.693. The summed E-state index contributed by atoms with van der Waals surface area (Å²) in [6, 6.07) is 6.04. The Hall–Kier alpha value is -2.25. The first kappa shape index (κ1) is 16.0. The minimum Gasteiger partial charge on any atom is -0.345 e. The van der Waals surface area contributed by atoms with Crippen molar-refractivity contribution in [3.63, 3.8) is 0 Å². The van der Waals surface area contributed by atoms with Crippen LogP contribution in [0.1, 0.15) is 28.9 Å². The highest BCUT2D eigenvalue weighted by molar-refractivity contribution is 7.07. The molecule has 3 aliphatic heterocycles. The van der Waals surface area contributed by atoms with Gasteiger partial charge in [0.2, 0.25) is 0 Å². The van der Waals surface area contributed by atoms with Gasteiger partial charge in [-0.2, -0.15) is 0 Å². The van der Waals surface area contributed by atoms with Crippen LogP contribution >= 0.6 is 11.3 Å². The van der Waals surface area contributed by atoms with E-state index in [2.05, 4.69) is 30.1 Å². The summed E-state index contributed by atoms with van der Waals surface area (Å²) in [5.41, 5.74) is 5.59. The first-order chi connectivity index (χ1) is 12.8. The maximum Gasteiger partial charge on any atom is 0.254 e. The number of aromatic amines is 1. The number of hydrogen-bond donors (Lipinski definition) is 1. The van der Waals surface area contributed by atoms with Crippen LogP contribution < -0.4 is 0 Å². The maximum atomic E-state index is 13.2. The van der Waals surface area contributed by atoms with E-state index in [1.54, 1.807) is 17.7 Å². The number of nitrogens with one attached hydrogen (secondary N) is 1. The number of amides is 1. The SMILES string of the molecule is O=C(c1ccc2nc[nH]c2c1)N1CC2CCC1CN(Cc1cscn1)C2. The Morgan fingerprint density at radius 2 is 2.19 bits per heavy atom. The summed E-state index contributed by atoms with van der Waals surface area (Å²) in [6.45, 7) is 3.74. The van der Waals surface area contributed by atoms with Crippen molar-refractivity contribution in [1.82, 2.24) is 24.8 Å². The van der Waals surface area contributed by atoms with Gasteiger partial charge in [0.25, 0.3) is 5.91 Å². The van der Waals surface area contributed by atoms with Gasteiger partial charge in [0.1, 0.15) is 0 Å². The molecule has 2 aromatic heterocycles. The third-order valence-corrected chi connectivity index (χ3v) is 6.22. The normalized spacial score (nSPS) is 23.5. The van der Waals surface area contributed by atoms with Gasteiger partial charge in [-0.3, -0.25) is 9.69 Å². The summed E-state index contributed by atoms with van der Waals surface area (Å²) in [4.78, 5) is 29.5. The lowest BCUT2D eigenvalue weighted by Gasteiger charge is -2.36. The minimum absolute atomic E-state index is 0.145. The van der Waals surface area contributed by atoms with Gasteiger partial charge >= 0.3 is 0 Å². The topological polar surface area (TPSA) is 65.1 Å². The average molecular weight is 367 g/mol. The number of fused-ring (bicyclic) bond motifs is 5. The van der Waals surface area contributed by atoms with Crippen molar-refractivity contribution in [3.05, 3.63) is 46.7 Å². The van der Waals surface area contributed by atoms with Crippen molar-refractivity contribution in [2.75, 3.05) is 19.6 Å². The number of hydrogen-bond acceptors (Lipinski definition) is 5. The second-order valence-electron chi connectivity index (χ2n) is 7.36. The average Bonchev–Trinajstić information content (AvgIpc) is 3.26. The smallest absolute Gasteiger partial charge is 0.254 e. The van der Waals surface area contributed by atoms with Crippen LogP contribution in [-0.4, -0.2) is 56.3 Å². The molecular weight excluding hydrogens is 346 g/mol. The number of nitrogens with zero attached hydrogens (tertiary/aromatic N) is 4. The molecule has 26 heavy (non-hydrogen) atoms. The van der Waals surface area contributed by atoms with E-state index in [0.29, 0.717) is 5.92 Å². The number of carbonyl (C=O) groups is 1. The summed E-state index contributed by atoms with van der Waals surface area (Å²) in [5, 5.41) is 2.12. The van der Waals surface area contributed by atoms with E-state index in [4.69, 9.17) is 0 Å². The largest absolute Gasteiger partial charge is 0.345 e. The Bertz CT molecular complexity index is 921. The first-order valence-corrected chi connectivity index (χ1v) is 10.0. The van der Waals surface area contributed by atoms with Crippen molar-refractivity contribution < 1.29 is 4.79 Å². The van der Waals surface area contributed by atoms with E-state index in [1.165, 1.54) is 6.42 Å². The third-order valence-electron chi connectivity index (χ3n) is 5.59. The Balaban J connectivity index is 1.37. The number of piperidine rings is 1. The molecule has 0 spiro atoms. The molecule has 3 aliphatic rings. The molecule has 6 rings (SSSR count). The van der Waals surface area contributed by atoms with Crippen molar-refractivity contribution in [2.45, 2.75) is 25.4 Å². The molecule has 3 fully saturated rings. The third kappa shape index (κ3) is 2.91. The molecule has 2 unspecified atom stereocenters. The van der Waals surface area contributed by atoms with Gasteiger partial charge in [0.15, 0.2) is 0 Å². The van der Waals surface area contributed by atoms with E-state index < -0.39 is 0 Å². The van der Waals surface area contributed by atoms with Crippen LogP contribution in [0.15, 0.2) is 35.4 Å². The molecule has 3 aromatic rings. The molecule has 134 valence electrons. The number of imidazole rings is 1. The van der Waals surface area contributed by atoms with Gasteiger partial charge in [-0.15, -0.1) is 11.3 Å². The van der Waals surface area contributed by atoms with Crippen LogP contribution in [0.3, 0.4) is 0 Å². The lowest BCUT2D eigenvalue weighted by Crippen LogP contribution is -2.47. The molecule has 0 radical (unpaired) electrons. The molecular formula is C19H21N5OS. The van der Waals surface area contributed by atoms with Gasteiger partial charge in [0.05, 0.1) is 28.6 Å². The highest BCUT2D eigenvalue weighted by Gasteiger charge is 2.37. The fourth-order valence-electron chi connectivity index (χ4n) is 4.34. The van der Waals surface area contributed by atoms with Gasteiger partial charge < -0.3 is 9.88 Å². The molecule has 1 amide bonds. The summed E-state index contributed by atoms with van der Waals surface area (Å²) >= 11 is 1.64. The van der Waals surface area contributed by atoms with Gasteiger partial charge in [-0.05, 0) is 37.0 Å². The van der Waals surface area contributed by atoms with Crippen LogP contribution in [0.25, 0.3) is 11.0 Å². The first-order valence-electron chi connectivity index (χ1n) is 9.10. The maximum absolute atomic E-state index is 13.2. The predicted molar refractivity (Wildman–Crippen MR) is 101 cm³/mol. The fraction of sp³-hybridized carbons (Fsp3) is 0.421. The van der Waals surface area contributed by atoms with E-state index in [0.717, 1.165) is 54.9 Å². The molecule has 6 nitrogen and oxygen atoms in total. The Kier molecular flexibility index (Phi) is 3.98. The Labute approximate surface area is 155 Å². The monoisotopic (exact) mass is 367 g/mol. The zero-order chi connectivity index (χ0) is 17.5. The van der Waals surface area contributed by atoms with Crippen molar-refractivity contribution in [1.29, 1.82) is 0 Å². The van der Waals surface area contributed by atoms with Crippen LogP contribution in [0, 0.1) is 5.92 Å². The Morgan fingerprint density at radius 3 is 3.08 bits per heavy atom. The predicted octanol–water partition coefficient (Wildman–Crippen LogP) is 2.76. The molecule has 1 N–H and O–H groups in total. The van der Waals surface area contributed by atoms with Crippen molar-refractivity contribution in [3.8, 4) is 0 Å². The molecule has 5 heterocycles. The van der Waals surface area contributed by atoms with E-state index in [9.17, 15) is 4.79 Å². The Morgan fingerprint density at radius 1 is 1.23 bits per heavy atom. The summed E-state index contributed by atoms with van der Waals surface area (Å²) in [6.07, 6.45) is 3.97. The van der Waals surface area contributed by atoms with Crippen molar-refractivity contribution >= 4 is 28.3 Å². The molecule has 2 atom stereocenters. The lowest BCUT2D eigenvalue weighted by molar-refractivity contribution is 0.0585. The molecule has 0 aliphatic carbocycles. The molecule has 0 saturated carbocycles. The molecule has 7 heteroatoms. The zero-order valence-corrected chi connectivity index (χ0v) is 15.3. The highest BCUT2D eigenvalue weighted by atomic mass is 32.1. The standard InChI is InChI=1S/C19H21N5OS/c25-19(14-2-4-17-18(5-14)21-11-20-17)24-7-13-1-3-16(24)9-23(6-13)8-15-10-26-12-22-15/h2,4-5,10-13,16H,1,3,6-9H2,(H,20,21). The molecule has 3 saturated heterocycles. The number of benzene rings is 1. The van der Waals surface area contributed by atoms with Crippen molar-refractivity contribution in [2.24, 2.45) is 5.92 Å². The number of carbonyl (C=O) groups excluding carboxylic acids is 1. The molecule has 2 bridgehead atoms. The fourth-order valence-corrected chi connectivity index (χ4v) is 4.89. The van der Waals surface area contributed by atoms with Crippen LogP contribution in [0.2, 0.25) is 0 Å². The van der Waals surface area contributed by atoms with Gasteiger partial charge in [-0.25, -0.2) is 9.97 Å². The van der Waals surface area contributed by atoms with E-state index in [-0.39, 0.29) is 11.9 Å². The number of thiazole rings is 1. The van der Waals surface area contributed by atoms with Crippen LogP contribution in [-0.2, 0) is 6.54 Å². The number of rotatable bonds is 3.